The number of thiophene rings is 1. The van der Waals surface area contributed by atoms with Crippen LogP contribution in [0.3, 0.4) is 0 Å². The number of piperazine rings is 1. The van der Waals surface area contributed by atoms with E-state index in [1.54, 1.807) is 7.11 Å². The molecule has 1 aliphatic rings. The Bertz CT molecular complexity index is 1430. The van der Waals surface area contributed by atoms with Gasteiger partial charge in [-0.1, -0.05) is 42.5 Å². The number of nitrogens with one attached hydrogen (secondary N) is 1. The first-order valence-electron chi connectivity index (χ1n) is 11.4. The zero-order valence-corrected chi connectivity index (χ0v) is 20.4. The third-order valence-corrected chi connectivity index (χ3v) is 7.68. The number of hydrogen-bond acceptors (Lipinski definition) is 6. The molecule has 0 aliphatic carbocycles. The van der Waals surface area contributed by atoms with Crippen molar-refractivity contribution in [1.29, 1.82) is 0 Å². The molecule has 4 aromatic rings. The maximum Gasteiger partial charge on any atom is 0.330 e. The molecule has 1 N–H and O–H groups in total. The summed E-state index contributed by atoms with van der Waals surface area (Å²) >= 11 is 1.46. The second kappa shape index (κ2) is 9.12. The summed E-state index contributed by atoms with van der Waals surface area (Å²) in [5.74, 6) is 0.850. The molecule has 0 amide bonds. The standard InChI is InChI=1S/C26H28N4O3S/c1-17-22(19-9-5-4-6-10-19)23-24(34-17)27-26(32)30(25(23)31)18(2)28-13-15-29(16-14-28)20-11-7-8-12-21(20)33-3/h4-12,18H,13-16H2,1-3H3,(H,27,32). The highest BCUT2D eigenvalue weighted by molar-refractivity contribution is 7.19. The Morgan fingerprint density at radius 1 is 0.971 bits per heavy atom. The molecule has 1 saturated heterocycles. The van der Waals surface area contributed by atoms with Gasteiger partial charge < -0.3 is 9.64 Å². The summed E-state index contributed by atoms with van der Waals surface area (Å²) in [6.07, 6.45) is -0.357. The quantitative estimate of drug-likeness (QED) is 0.470. The third-order valence-electron chi connectivity index (χ3n) is 6.66. The number of hydrogen-bond donors (Lipinski definition) is 1. The predicted molar refractivity (Wildman–Crippen MR) is 138 cm³/mol. The van der Waals surface area contributed by atoms with Gasteiger partial charge in [0.05, 0.1) is 24.3 Å². The van der Waals surface area contributed by atoms with Gasteiger partial charge >= 0.3 is 5.69 Å². The lowest BCUT2D eigenvalue weighted by Crippen LogP contribution is -2.52. The van der Waals surface area contributed by atoms with Crippen LogP contribution in [0.25, 0.3) is 21.3 Å². The number of para-hydroxylation sites is 2. The van der Waals surface area contributed by atoms with Crippen molar-refractivity contribution in [2.24, 2.45) is 0 Å². The average molecular weight is 477 g/mol. The van der Waals surface area contributed by atoms with Crippen molar-refractivity contribution >= 4 is 27.2 Å². The smallest absolute Gasteiger partial charge is 0.330 e. The van der Waals surface area contributed by atoms with Gasteiger partial charge in [-0.3, -0.25) is 14.7 Å². The first-order valence-corrected chi connectivity index (χ1v) is 12.3. The summed E-state index contributed by atoms with van der Waals surface area (Å²) in [6, 6.07) is 17.9. The van der Waals surface area contributed by atoms with E-state index in [1.807, 2.05) is 62.4 Å². The number of benzene rings is 2. The van der Waals surface area contributed by atoms with Crippen LogP contribution in [0.4, 0.5) is 5.69 Å². The van der Waals surface area contributed by atoms with Crippen molar-refractivity contribution in [2.75, 3.05) is 38.2 Å². The molecule has 7 nitrogen and oxygen atoms in total. The Morgan fingerprint density at radius 3 is 2.35 bits per heavy atom. The van der Waals surface area contributed by atoms with E-state index in [2.05, 4.69) is 20.9 Å². The van der Waals surface area contributed by atoms with Gasteiger partial charge in [0.1, 0.15) is 10.6 Å². The van der Waals surface area contributed by atoms with Gasteiger partial charge in [-0.25, -0.2) is 9.36 Å². The number of nitrogens with zero attached hydrogens (tertiary/aromatic N) is 3. The molecule has 5 rings (SSSR count). The molecule has 1 atom stereocenters. The normalized spacial score (nSPS) is 15.6. The van der Waals surface area contributed by atoms with Crippen LogP contribution in [-0.2, 0) is 0 Å². The van der Waals surface area contributed by atoms with E-state index in [-0.39, 0.29) is 17.4 Å². The van der Waals surface area contributed by atoms with Crippen molar-refractivity contribution < 1.29 is 4.74 Å². The lowest BCUT2D eigenvalue weighted by atomic mass is 10.0. The molecule has 0 spiro atoms. The maximum atomic E-state index is 13.7. The van der Waals surface area contributed by atoms with Gasteiger partial charge in [-0.05, 0) is 31.5 Å². The largest absolute Gasteiger partial charge is 0.495 e. The highest BCUT2D eigenvalue weighted by atomic mass is 32.1. The number of aromatic nitrogens is 2. The number of rotatable bonds is 5. The number of fused-ring (bicyclic) bond motifs is 1. The third kappa shape index (κ3) is 3.82. The van der Waals surface area contributed by atoms with E-state index in [1.165, 1.54) is 15.9 Å². The predicted octanol–water partition coefficient (Wildman–Crippen LogP) is 4.08. The molecule has 0 saturated carbocycles. The summed E-state index contributed by atoms with van der Waals surface area (Å²) in [5.41, 5.74) is 2.36. The minimum Gasteiger partial charge on any atom is -0.495 e. The van der Waals surface area contributed by atoms with Crippen LogP contribution in [-0.4, -0.2) is 47.7 Å². The van der Waals surface area contributed by atoms with Gasteiger partial charge in [0.25, 0.3) is 5.56 Å². The van der Waals surface area contributed by atoms with Crippen LogP contribution >= 0.6 is 11.3 Å². The SMILES string of the molecule is COc1ccccc1N1CCN(C(C)n2c(=O)[nH]c3sc(C)c(-c4ccccc4)c3c2=O)CC1. The van der Waals surface area contributed by atoms with E-state index in [9.17, 15) is 9.59 Å². The number of ether oxygens (including phenoxy) is 1. The molecule has 1 fully saturated rings. The summed E-state index contributed by atoms with van der Waals surface area (Å²) in [6.45, 7) is 6.96. The lowest BCUT2D eigenvalue weighted by molar-refractivity contribution is 0.138. The molecular weight excluding hydrogens is 448 g/mol. The van der Waals surface area contributed by atoms with Crippen LogP contribution in [0.1, 0.15) is 18.0 Å². The number of methoxy groups -OCH3 is 1. The van der Waals surface area contributed by atoms with E-state index in [4.69, 9.17) is 4.74 Å². The Morgan fingerprint density at radius 2 is 1.65 bits per heavy atom. The molecule has 8 heteroatoms. The summed E-state index contributed by atoms with van der Waals surface area (Å²) in [7, 11) is 1.68. The van der Waals surface area contributed by atoms with Gasteiger partial charge in [0, 0.05) is 36.6 Å². The molecule has 1 unspecified atom stereocenters. The molecule has 2 aromatic heterocycles. The topological polar surface area (TPSA) is 70.6 Å². The number of aromatic amines is 1. The van der Waals surface area contributed by atoms with Crippen LogP contribution in [0.15, 0.2) is 64.2 Å². The Hall–Kier alpha value is -3.36. The Kier molecular flexibility index (Phi) is 6.02. The zero-order valence-electron chi connectivity index (χ0n) is 19.6. The first-order chi connectivity index (χ1) is 16.5. The van der Waals surface area contributed by atoms with Crippen molar-refractivity contribution in [3.8, 4) is 16.9 Å². The molecule has 1 aliphatic heterocycles. The Balaban J connectivity index is 1.47. The van der Waals surface area contributed by atoms with Crippen LogP contribution in [0.5, 0.6) is 5.75 Å². The molecule has 3 heterocycles. The van der Waals surface area contributed by atoms with Gasteiger partial charge in [-0.2, -0.15) is 0 Å². The van der Waals surface area contributed by atoms with Crippen molar-refractivity contribution in [3.63, 3.8) is 0 Å². The monoisotopic (exact) mass is 476 g/mol. The second-order valence-electron chi connectivity index (χ2n) is 8.54. The summed E-state index contributed by atoms with van der Waals surface area (Å²) < 4.78 is 6.89. The average Bonchev–Trinajstić information content (AvgIpc) is 3.20. The highest BCUT2D eigenvalue weighted by Crippen LogP contribution is 2.35. The molecule has 176 valence electrons. The van der Waals surface area contributed by atoms with Crippen LogP contribution in [0.2, 0.25) is 0 Å². The van der Waals surface area contributed by atoms with Gasteiger partial charge in [0.15, 0.2) is 0 Å². The van der Waals surface area contributed by atoms with E-state index in [0.29, 0.717) is 10.2 Å². The lowest BCUT2D eigenvalue weighted by Gasteiger charge is -2.39. The van der Waals surface area contributed by atoms with E-state index >= 15 is 0 Å². The first kappa shape index (κ1) is 22.4. The van der Waals surface area contributed by atoms with Gasteiger partial charge in [-0.15, -0.1) is 11.3 Å². The second-order valence-corrected chi connectivity index (χ2v) is 9.76. The molecule has 0 bridgehead atoms. The number of anilines is 1. The minimum atomic E-state index is -0.363. The van der Waals surface area contributed by atoms with Crippen LogP contribution in [0, 0.1) is 6.92 Å². The van der Waals surface area contributed by atoms with Crippen molar-refractivity contribution in [1.82, 2.24) is 14.5 Å². The van der Waals surface area contributed by atoms with Crippen molar-refractivity contribution in [2.45, 2.75) is 20.0 Å². The fourth-order valence-corrected chi connectivity index (χ4v) is 5.95. The molecular formula is C26H28N4O3S. The maximum absolute atomic E-state index is 13.7. The number of H-pyrrole nitrogens is 1. The fourth-order valence-electron chi connectivity index (χ4n) is 4.89. The Labute approximate surface area is 201 Å². The van der Waals surface area contributed by atoms with Crippen LogP contribution < -0.4 is 20.9 Å². The van der Waals surface area contributed by atoms with E-state index < -0.39 is 0 Å². The number of aryl methyl sites for hydroxylation is 1. The zero-order chi connectivity index (χ0) is 23.8. The van der Waals surface area contributed by atoms with Crippen molar-refractivity contribution in [3.05, 3.63) is 80.3 Å². The molecule has 34 heavy (non-hydrogen) atoms. The van der Waals surface area contributed by atoms with Gasteiger partial charge in [0.2, 0.25) is 0 Å². The fraction of sp³-hybridized carbons (Fsp3) is 0.308. The minimum absolute atomic E-state index is 0.235. The van der Waals surface area contributed by atoms with E-state index in [0.717, 1.165) is 53.6 Å². The summed E-state index contributed by atoms with van der Waals surface area (Å²) in [4.78, 5) is 35.8. The molecule has 2 aromatic carbocycles. The highest BCUT2D eigenvalue weighted by Gasteiger charge is 2.27. The summed E-state index contributed by atoms with van der Waals surface area (Å²) in [5, 5.41) is 0.591. The molecule has 0 radical (unpaired) electrons.